The number of benzene rings is 1. The number of nitrogens with zero attached hydrogens (tertiary/aromatic N) is 1. The van der Waals surface area contributed by atoms with Crippen molar-refractivity contribution in [2.75, 3.05) is 13.2 Å². The summed E-state index contributed by atoms with van der Waals surface area (Å²) in [6, 6.07) is 10.0. The summed E-state index contributed by atoms with van der Waals surface area (Å²) < 4.78 is 0. The van der Waals surface area contributed by atoms with E-state index in [4.69, 9.17) is 0 Å². The van der Waals surface area contributed by atoms with Crippen LogP contribution in [0.25, 0.3) is 0 Å². The third kappa shape index (κ3) is 3.84. The number of amides is 1. The SMILES string of the molecule is CC(C)(CO)C(CNC(=O)c1cnc(C2CC2)s1)c1ccccc1. The Hall–Kier alpha value is -1.72. The monoisotopic (exact) mass is 344 g/mol. The molecule has 1 atom stereocenters. The Morgan fingerprint density at radius 1 is 1.38 bits per heavy atom. The van der Waals surface area contributed by atoms with Gasteiger partial charge in [0.25, 0.3) is 5.91 Å². The molecule has 24 heavy (non-hydrogen) atoms. The van der Waals surface area contributed by atoms with Crippen molar-refractivity contribution in [3.8, 4) is 0 Å². The molecule has 1 amide bonds. The van der Waals surface area contributed by atoms with E-state index in [9.17, 15) is 9.90 Å². The molecule has 3 rings (SSSR count). The first kappa shape index (κ1) is 17.1. The predicted octanol–water partition coefficient (Wildman–Crippen LogP) is 3.55. The van der Waals surface area contributed by atoms with Crippen LogP contribution >= 0.6 is 11.3 Å². The predicted molar refractivity (Wildman–Crippen MR) is 96.5 cm³/mol. The second-order valence-electron chi connectivity index (χ2n) is 7.16. The number of hydrogen-bond donors (Lipinski definition) is 2. The van der Waals surface area contributed by atoms with E-state index < -0.39 is 0 Å². The fourth-order valence-electron chi connectivity index (χ4n) is 2.83. The van der Waals surface area contributed by atoms with E-state index in [0.717, 1.165) is 10.6 Å². The highest BCUT2D eigenvalue weighted by atomic mass is 32.1. The van der Waals surface area contributed by atoms with E-state index in [0.29, 0.717) is 17.3 Å². The summed E-state index contributed by atoms with van der Waals surface area (Å²) in [5.74, 6) is 0.541. The average molecular weight is 344 g/mol. The standard InChI is InChI=1S/C19H24N2O2S/c1-19(2,12-22)15(13-6-4-3-5-7-13)10-20-17(23)16-11-21-18(24-16)14-8-9-14/h3-7,11,14-15,22H,8-10,12H2,1-2H3,(H,20,23). The van der Waals surface area contributed by atoms with Crippen LogP contribution in [0.1, 0.15) is 58.8 Å². The lowest BCUT2D eigenvalue weighted by atomic mass is 9.75. The second kappa shape index (κ2) is 7.03. The van der Waals surface area contributed by atoms with Gasteiger partial charge in [-0.1, -0.05) is 44.2 Å². The van der Waals surface area contributed by atoms with E-state index in [1.165, 1.54) is 24.2 Å². The van der Waals surface area contributed by atoms with Crippen LogP contribution in [0.3, 0.4) is 0 Å². The van der Waals surface area contributed by atoms with Gasteiger partial charge in [-0.3, -0.25) is 4.79 Å². The fraction of sp³-hybridized carbons (Fsp3) is 0.474. The molecule has 2 N–H and O–H groups in total. The zero-order valence-corrected chi connectivity index (χ0v) is 15.0. The van der Waals surface area contributed by atoms with Crippen LogP contribution in [-0.4, -0.2) is 29.1 Å². The minimum absolute atomic E-state index is 0.0449. The summed E-state index contributed by atoms with van der Waals surface area (Å²) in [6.45, 7) is 4.60. The van der Waals surface area contributed by atoms with Gasteiger partial charge in [-0.05, 0) is 23.8 Å². The molecule has 1 heterocycles. The molecule has 1 aromatic heterocycles. The van der Waals surface area contributed by atoms with Crippen LogP contribution in [0.4, 0.5) is 0 Å². The molecule has 128 valence electrons. The Bertz CT molecular complexity index is 692. The Kier molecular flexibility index (Phi) is 5.01. The summed E-state index contributed by atoms with van der Waals surface area (Å²) >= 11 is 1.50. The summed E-state index contributed by atoms with van der Waals surface area (Å²) in [4.78, 5) is 17.5. The molecular weight excluding hydrogens is 320 g/mol. The van der Waals surface area contributed by atoms with Crippen molar-refractivity contribution in [2.24, 2.45) is 5.41 Å². The molecule has 4 nitrogen and oxygen atoms in total. The molecule has 1 aliphatic carbocycles. The first-order chi connectivity index (χ1) is 11.5. The summed E-state index contributed by atoms with van der Waals surface area (Å²) in [5, 5.41) is 13.9. The van der Waals surface area contributed by atoms with Crippen molar-refractivity contribution in [1.29, 1.82) is 0 Å². The van der Waals surface area contributed by atoms with E-state index in [-0.39, 0.29) is 23.8 Å². The molecule has 1 saturated carbocycles. The number of aromatic nitrogens is 1. The van der Waals surface area contributed by atoms with Crippen molar-refractivity contribution >= 4 is 17.2 Å². The van der Waals surface area contributed by atoms with Crippen LogP contribution in [0.2, 0.25) is 0 Å². The van der Waals surface area contributed by atoms with Gasteiger partial charge in [0, 0.05) is 25.0 Å². The van der Waals surface area contributed by atoms with Crippen molar-refractivity contribution in [3.63, 3.8) is 0 Å². The molecule has 1 aromatic carbocycles. The number of aliphatic hydroxyl groups excluding tert-OH is 1. The number of nitrogens with one attached hydrogen (secondary N) is 1. The molecular formula is C19H24N2O2S. The number of carbonyl (C=O) groups is 1. The molecule has 0 aliphatic heterocycles. The minimum Gasteiger partial charge on any atom is -0.396 e. The van der Waals surface area contributed by atoms with Gasteiger partial charge >= 0.3 is 0 Å². The van der Waals surface area contributed by atoms with Crippen LogP contribution in [0.5, 0.6) is 0 Å². The van der Waals surface area contributed by atoms with E-state index in [1.54, 1.807) is 6.20 Å². The van der Waals surface area contributed by atoms with E-state index in [2.05, 4.69) is 10.3 Å². The van der Waals surface area contributed by atoms with Crippen LogP contribution in [0.15, 0.2) is 36.5 Å². The van der Waals surface area contributed by atoms with Gasteiger partial charge in [-0.25, -0.2) is 4.98 Å². The quantitative estimate of drug-likeness (QED) is 0.807. The van der Waals surface area contributed by atoms with Gasteiger partial charge in [0.1, 0.15) is 4.88 Å². The smallest absolute Gasteiger partial charge is 0.263 e. The molecule has 5 heteroatoms. The topological polar surface area (TPSA) is 62.2 Å². The largest absolute Gasteiger partial charge is 0.396 e. The van der Waals surface area contributed by atoms with Crippen molar-refractivity contribution in [1.82, 2.24) is 10.3 Å². The zero-order chi connectivity index (χ0) is 17.2. The first-order valence-electron chi connectivity index (χ1n) is 8.41. The van der Waals surface area contributed by atoms with Gasteiger partial charge < -0.3 is 10.4 Å². The van der Waals surface area contributed by atoms with Gasteiger partial charge in [-0.15, -0.1) is 11.3 Å². The summed E-state index contributed by atoms with van der Waals surface area (Å²) in [5.41, 5.74) is 0.807. The molecule has 0 bridgehead atoms. The maximum atomic E-state index is 12.4. The molecule has 0 saturated heterocycles. The molecule has 2 aromatic rings. The Balaban J connectivity index is 1.69. The Morgan fingerprint density at radius 2 is 2.08 bits per heavy atom. The van der Waals surface area contributed by atoms with Crippen LogP contribution in [-0.2, 0) is 0 Å². The van der Waals surface area contributed by atoms with Crippen LogP contribution in [0, 0.1) is 5.41 Å². The Morgan fingerprint density at radius 3 is 2.71 bits per heavy atom. The van der Waals surface area contributed by atoms with E-state index >= 15 is 0 Å². The minimum atomic E-state index is -0.318. The van der Waals surface area contributed by atoms with Gasteiger partial charge in [0.2, 0.25) is 0 Å². The number of carbonyl (C=O) groups excluding carboxylic acids is 1. The Labute approximate surface area is 146 Å². The highest BCUT2D eigenvalue weighted by molar-refractivity contribution is 7.13. The van der Waals surface area contributed by atoms with Gasteiger partial charge in [0.15, 0.2) is 0 Å². The molecule has 0 spiro atoms. The molecule has 1 fully saturated rings. The van der Waals surface area contributed by atoms with Crippen molar-refractivity contribution in [3.05, 3.63) is 52.0 Å². The maximum absolute atomic E-state index is 12.4. The average Bonchev–Trinajstić information content (AvgIpc) is 3.32. The highest BCUT2D eigenvalue weighted by Gasteiger charge is 2.31. The third-order valence-electron chi connectivity index (χ3n) is 4.69. The van der Waals surface area contributed by atoms with E-state index in [1.807, 2.05) is 44.2 Å². The fourth-order valence-corrected chi connectivity index (χ4v) is 3.84. The summed E-state index contributed by atoms with van der Waals surface area (Å²) in [7, 11) is 0. The van der Waals surface area contributed by atoms with Crippen molar-refractivity contribution in [2.45, 2.75) is 38.5 Å². The lowest BCUT2D eigenvalue weighted by Crippen LogP contribution is -2.36. The van der Waals surface area contributed by atoms with Gasteiger partial charge in [0.05, 0.1) is 11.2 Å². The normalized spacial score (nSPS) is 16.0. The molecule has 1 aliphatic rings. The number of rotatable bonds is 7. The summed E-state index contributed by atoms with van der Waals surface area (Å²) in [6.07, 6.45) is 4.06. The van der Waals surface area contributed by atoms with Crippen LogP contribution < -0.4 is 5.32 Å². The van der Waals surface area contributed by atoms with Crippen molar-refractivity contribution < 1.29 is 9.90 Å². The number of thiazole rings is 1. The third-order valence-corrected chi connectivity index (χ3v) is 5.85. The zero-order valence-electron chi connectivity index (χ0n) is 14.2. The lowest BCUT2D eigenvalue weighted by molar-refractivity contribution is 0.0924. The highest BCUT2D eigenvalue weighted by Crippen LogP contribution is 2.41. The lowest BCUT2D eigenvalue weighted by Gasteiger charge is -2.33. The second-order valence-corrected chi connectivity index (χ2v) is 8.22. The molecule has 0 radical (unpaired) electrons. The first-order valence-corrected chi connectivity index (χ1v) is 9.22. The number of aliphatic hydroxyl groups is 1. The molecule has 1 unspecified atom stereocenters. The maximum Gasteiger partial charge on any atom is 0.263 e. The number of hydrogen-bond acceptors (Lipinski definition) is 4. The van der Waals surface area contributed by atoms with Gasteiger partial charge in [-0.2, -0.15) is 0 Å².